The lowest BCUT2D eigenvalue weighted by molar-refractivity contribution is -0.126. The van der Waals surface area contributed by atoms with Crippen LogP contribution >= 0.6 is 0 Å². The number of carbonyl (C=O) groups is 2. The second-order valence-corrected chi connectivity index (χ2v) is 6.55. The van der Waals surface area contributed by atoms with E-state index in [0.29, 0.717) is 18.0 Å². The van der Waals surface area contributed by atoms with Crippen LogP contribution in [0.25, 0.3) is 0 Å². The smallest absolute Gasteiger partial charge is 0.237 e. The summed E-state index contributed by atoms with van der Waals surface area (Å²) in [4.78, 5) is 24.3. The summed E-state index contributed by atoms with van der Waals surface area (Å²) in [5.74, 6) is 1.16. The summed E-state index contributed by atoms with van der Waals surface area (Å²) in [7, 11) is 4.81. The Morgan fingerprint density at radius 2 is 1.92 bits per heavy atom. The number of amides is 2. The van der Waals surface area contributed by atoms with Gasteiger partial charge in [-0.1, -0.05) is 12.5 Å². The molecule has 0 bridgehead atoms. The van der Waals surface area contributed by atoms with Gasteiger partial charge in [-0.3, -0.25) is 9.59 Å². The second-order valence-electron chi connectivity index (χ2n) is 6.55. The molecule has 0 saturated heterocycles. The molecule has 0 spiro atoms. The lowest BCUT2D eigenvalue weighted by Gasteiger charge is -2.23. The fraction of sp³-hybridized carbons (Fsp3) is 0.579. The molecule has 1 fully saturated rings. The molecule has 7 nitrogen and oxygen atoms in total. The van der Waals surface area contributed by atoms with E-state index in [1.54, 1.807) is 21.3 Å². The fourth-order valence-electron chi connectivity index (χ4n) is 3.39. The normalized spacial score (nSPS) is 20.3. The fourth-order valence-corrected chi connectivity index (χ4v) is 3.39. The van der Waals surface area contributed by atoms with E-state index in [-0.39, 0.29) is 29.8 Å². The van der Waals surface area contributed by atoms with E-state index >= 15 is 0 Å². The zero-order valence-electron chi connectivity index (χ0n) is 15.9. The molecule has 1 saturated carbocycles. The summed E-state index contributed by atoms with van der Waals surface area (Å²) in [6.45, 7) is 2.22. The van der Waals surface area contributed by atoms with Crippen LogP contribution in [-0.4, -0.2) is 45.2 Å². The van der Waals surface area contributed by atoms with Crippen molar-refractivity contribution in [3.63, 3.8) is 0 Å². The summed E-state index contributed by atoms with van der Waals surface area (Å²) in [5, 5.41) is 8.93. The number of hydrogen-bond donors (Lipinski definition) is 3. The maximum Gasteiger partial charge on any atom is 0.237 e. The Balaban J connectivity index is 1.88. The van der Waals surface area contributed by atoms with Crippen LogP contribution in [0.4, 0.5) is 0 Å². The Hall–Kier alpha value is -2.28. The number of nitrogens with one attached hydrogen (secondary N) is 3. The van der Waals surface area contributed by atoms with E-state index in [0.717, 1.165) is 24.8 Å². The van der Waals surface area contributed by atoms with Gasteiger partial charge in [-0.15, -0.1) is 0 Å². The molecule has 3 atom stereocenters. The Labute approximate surface area is 154 Å². The summed E-state index contributed by atoms with van der Waals surface area (Å²) >= 11 is 0. The van der Waals surface area contributed by atoms with E-state index in [2.05, 4.69) is 16.0 Å². The molecule has 0 heterocycles. The number of methoxy groups -OCH3 is 2. The molecule has 0 unspecified atom stereocenters. The highest BCUT2D eigenvalue weighted by Gasteiger charge is 2.33. The van der Waals surface area contributed by atoms with Crippen molar-refractivity contribution in [2.45, 2.75) is 44.8 Å². The van der Waals surface area contributed by atoms with Crippen LogP contribution in [0, 0.1) is 5.92 Å². The Morgan fingerprint density at radius 1 is 1.19 bits per heavy atom. The SMILES string of the molecule is CNC(=O)[C@@H]1CCC[C@H]1N[C@H](C)C(=O)NCc1ccc(OC)c(OC)c1. The van der Waals surface area contributed by atoms with Crippen molar-refractivity contribution in [2.75, 3.05) is 21.3 Å². The van der Waals surface area contributed by atoms with Gasteiger partial charge in [0.15, 0.2) is 11.5 Å². The van der Waals surface area contributed by atoms with Gasteiger partial charge in [-0.05, 0) is 37.5 Å². The van der Waals surface area contributed by atoms with Crippen molar-refractivity contribution in [1.29, 1.82) is 0 Å². The average Bonchev–Trinajstić information content (AvgIpc) is 3.13. The first-order chi connectivity index (χ1) is 12.5. The summed E-state index contributed by atoms with van der Waals surface area (Å²) in [6.07, 6.45) is 2.76. The Bertz CT molecular complexity index is 635. The van der Waals surface area contributed by atoms with Gasteiger partial charge in [-0.25, -0.2) is 0 Å². The van der Waals surface area contributed by atoms with Gasteiger partial charge in [0.05, 0.1) is 26.2 Å². The minimum atomic E-state index is -0.370. The number of hydrogen-bond acceptors (Lipinski definition) is 5. The average molecular weight is 363 g/mol. The first-order valence-electron chi connectivity index (χ1n) is 8.96. The molecule has 0 aliphatic heterocycles. The van der Waals surface area contributed by atoms with Crippen molar-refractivity contribution in [3.8, 4) is 11.5 Å². The van der Waals surface area contributed by atoms with Crippen LogP contribution in [0.3, 0.4) is 0 Å². The summed E-state index contributed by atoms with van der Waals surface area (Å²) in [5.41, 5.74) is 0.923. The predicted molar refractivity (Wildman–Crippen MR) is 99.2 cm³/mol. The molecule has 144 valence electrons. The van der Waals surface area contributed by atoms with Crippen molar-refractivity contribution in [2.24, 2.45) is 5.92 Å². The van der Waals surface area contributed by atoms with Crippen LogP contribution < -0.4 is 25.4 Å². The first-order valence-corrected chi connectivity index (χ1v) is 8.96. The van der Waals surface area contributed by atoms with Gasteiger partial charge in [0.2, 0.25) is 11.8 Å². The molecule has 2 amide bonds. The van der Waals surface area contributed by atoms with Crippen molar-refractivity contribution >= 4 is 11.8 Å². The molecule has 0 radical (unpaired) electrons. The van der Waals surface area contributed by atoms with Gasteiger partial charge >= 0.3 is 0 Å². The summed E-state index contributed by atoms with van der Waals surface area (Å²) < 4.78 is 10.5. The third-order valence-corrected chi connectivity index (χ3v) is 4.87. The number of benzene rings is 1. The highest BCUT2D eigenvalue weighted by atomic mass is 16.5. The maximum atomic E-state index is 12.4. The van der Waals surface area contributed by atoms with E-state index in [1.807, 2.05) is 25.1 Å². The molecule has 26 heavy (non-hydrogen) atoms. The highest BCUT2D eigenvalue weighted by molar-refractivity contribution is 5.82. The minimum absolute atomic E-state index is 0.0387. The molecular formula is C19H29N3O4. The van der Waals surface area contributed by atoms with Crippen molar-refractivity contribution < 1.29 is 19.1 Å². The molecule has 1 aliphatic rings. The van der Waals surface area contributed by atoms with Crippen LogP contribution in [0.1, 0.15) is 31.7 Å². The van der Waals surface area contributed by atoms with Gasteiger partial charge in [0.1, 0.15) is 0 Å². The molecule has 7 heteroatoms. The quantitative estimate of drug-likeness (QED) is 0.646. The van der Waals surface area contributed by atoms with E-state index in [4.69, 9.17) is 9.47 Å². The summed E-state index contributed by atoms with van der Waals surface area (Å²) in [6, 6.07) is 5.21. The van der Waals surface area contributed by atoms with Gasteiger partial charge in [-0.2, -0.15) is 0 Å². The van der Waals surface area contributed by atoms with Gasteiger partial charge in [0.25, 0.3) is 0 Å². The third kappa shape index (κ3) is 4.88. The van der Waals surface area contributed by atoms with Crippen molar-refractivity contribution in [1.82, 2.24) is 16.0 Å². The van der Waals surface area contributed by atoms with Crippen LogP contribution in [0.2, 0.25) is 0 Å². The Kier molecular flexibility index (Phi) is 7.26. The van der Waals surface area contributed by atoms with E-state index in [9.17, 15) is 9.59 Å². The standard InChI is InChI=1S/C19H29N3O4/c1-12(22-15-7-5-6-14(15)19(24)20-2)18(23)21-11-13-8-9-16(25-3)17(10-13)26-4/h8-10,12,14-15,22H,5-7,11H2,1-4H3,(H,20,24)(H,21,23)/t12-,14-,15-/m1/s1. The zero-order valence-corrected chi connectivity index (χ0v) is 15.9. The molecule has 1 aliphatic carbocycles. The van der Waals surface area contributed by atoms with Gasteiger partial charge < -0.3 is 25.4 Å². The minimum Gasteiger partial charge on any atom is -0.493 e. The molecule has 0 aromatic heterocycles. The lowest BCUT2D eigenvalue weighted by atomic mass is 10.0. The topological polar surface area (TPSA) is 88.7 Å². The van der Waals surface area contributed by atoms with E-state index < -0.39 is 0 Å². The molecule has 3 N–H and O–H groups in total. The molecule has 1 aromatic carbocycles. The second kappa shape index (κ2) is 9.43. The number of carbonyl (C=O) groups excluding carboxylic acids is 2. The number of ether oxygens (including phenoxy) is 2. The van der Waals surface area contributed by atoms with Gasteiger partial charge in [0, 0.05) is 19.6 Å². The largest absolute Gasteiger partial charge is 0.493 e. The Morgan fingerprint density at radius 3 is 2.58 bits per heavy atom. The van der Waals surface area contributed by atoms with Crippen LogP contribution in [-0.2, 0) is 16.1 Å². The van der Waals surface area contributed by atoms with Crippen LogP contribution in [0.15, 0.2) is 18.2 Å². The van der Waals surface area contributed by atoms with Crippen molar-refractivity contribution in [3.05, 3.63) is 23.8 Å². The van der Waals surface area contributed by atoms with Crippen LogP contribution in [0.5, 0.6) is 11.5 Å². The first kappa shape index (κ1) is 20.0. The number of rotatable bonds is 8. The predicted octanol–water partition coefficient (Wildman–Crippen LogP) is 1.21. The maximum absolute atomic E-state index is 12.4. The molecule has 2 rings (SSSR count). The highest BCUT2D eigenvalue weighted by Crippen LogP contribution is 2.28. The zero-order chi connectivity index (χ0) is 19.1. The lowest BCUT2D eigenvalue weighted by Crippen LogP contribution is -2.49. The molecular weight excluding hydrogens is 334 g/mol. The van der Waals surface area contributed by atoms with E-state index in [1.165, 1.54) is 0 Å². The molecule has 1 aromatic rings. The monoisotopic (exact) mass is 363 g/mol. The third-order valence-electron chi connectivity index (χ3n) is 4.87.